The number of anilines is 2. The Morgan fingerprint density at radius 3 is 2.77 bits per heavy atom. The van der Waals surface area contributed by atoms with Gasteiger partial charge < -0.3 is 19.5 Å². The van der Waals surface area contributed by atoms with Crippen molar-refractivity contribution < 1.29 is 9.53 Å². The molecule has 1 aliphatic rings. The summed E-state index contributed by atoms with van der Waals surface area (Å²) in [5.41, 5.74) is 5.18. The molecule has 0 spiro atoms. The highest BCUT2D eigenvalue weighted by Crippen LogP contribution is 2.31. The number of aromatic nitrogens is 3. The van der Waals surface area contributed by atoms with Crippen LogP contribution in [0.3, 0.4) is 0 Å². The second kappa shape index (κ2) is 8.13. The number of rotatable bonds is 4. The van der Waals surface area contributed by atoms with Crippen molar-refractivity contribution in [3.63, 3.8) is 0 Å². The largest absolute Gasteiger partial charge is 0.378 e. The number of nitrogens with zero attached hydrogens (tertiary/aromatic N) is 4. The highest BCUT2D eigenvalue weighted by atomic mass is 32.1. The molecule has 5 rings (SSSR count). The number of hydrogen-bond donors (Lipinski definition) is 1. The van der Waals surface area contributed by atoms with Crippen LogP contribution in [0.15, 0.2) is 48.8 Å². The second-order valence-corrected chi connectivity index (χ2v) is 8.57. The number of aryl methyl sites for hydroxylation is 1. The maximum Gasteiger partial charge on any atom is 0.257 e. The van der Waals surface area contributed by atoms with Gasteiger partial charge in [0.05, 0.1) is 40.9 Å². The van der Waals surface area contributed by atoms with Gasteiger partial charge in [0, 0.05) is 36.4 Å². The van der Waals surface area contributed by atoms with E-state index in [2.05, 4.69) is 15.2 Å². The molecule has 0 saturated carbocycles. The van der Waals surface area contributed by atoms with Crippen LogP contribution in [-0.4, -0.2) is 46.7 Å². The summed E-state index contributed by atoms with van der Waals surface area (Å²) in [6.07, 6.45) is 3.54. The van der Waals surface area contributed by atoms with Crippen molar-refractivity contribution >= 4 is 38.3 Å². The minimum absolute atomic E-state index is 0.125. The van der Waals surface area contributed by atoms with Gasteiger partial charge in [-0.1, -0.05) is 11.3 Å². The predicted octanol–water partition coefficient (Wildman–Crippen LogP) is 4.19. The van der Waals surface area contributed by atoms with Crippen LogP contribution >= 0.6 is 11.3 Å². The number of ether oxygens (including phenoxy) is 1. The Bertz CT molecular complexity index is 1240. The fraction of sp³-hybridized carbons (Fsp3) is 0.261. The van der Waals surface area contributed by atoms with Crippen molar-refractivity contribution in [2.24, 2.45) is 0 Å². The second-order valence-electron chi connectivity index (χ2n) is 7.56. The molecule has 1 aliphatic heterocycles. The third-order valence-electron chi connectivity index (χ3n) is 5.50. The first-order valence-corrected chi connectivity index (χ1v) is 11.1. The van der Waals surface area contributed by atoms with Crippen LogP contribution in [0.5, 0.6) is 0 Å². The summed E-state index contributed by atoms with van der Waals surface area (Å²) < 4.78 is 8.53. The Morgan fingerprint density at radius 2 is 2.00 bits per heavy atom. The van der Waals surface area contributed by atoms with E-state index in [1.54, 1.807) is 23.7 Å². The van der Waals surface area contributed by atoms with Gasteiger partial charge in [-0.05, 0) is 50.2 Å². The van der Waals surface area contributed by atoms with Gasteiger partial charge in [0.25, 0.3) is 5.91 Å². The Balaban J connectivity index is 1.39. The number of pyridine rings is 1. The number of nitrogens with one attached hydrogen (secondary N) is 1. The zero-order chi connectivity index (χ0) is 21.4. The quantitative estimate of drug-likeness (QED) is 0.523. The number of benzene rings is 1. The number of thiazole rings is 1. The summed E-state index contributed by atoms with van der Waals surface area (Å²) in [6, 6.07) is 11.7. The summed E-state index contributed by atoms with van der Waals surface area (Å²) in [5, 5.41) is 4.05. The maximum absolute atomic E-state index is 13.0. The molecule has 1 amide bonds. The lowest BCUT2D eigenvalue weighted by atomic mass is 10.2. The van der Waals surface area contributed by atoms with Gasteiger partial charge in [-0.25, -0.2) is 4.98 Å². The standard InChI is InChI=1S/C23H23N5O2S/c1-15-12-19(16(2)28(15)18-4-3-7-24-14-18)22(29)25-17-5-6-20-21(13-17)31-23(26-20)27-8-10-30-11-9-27/h3-7,12-14H,8-11H2,1-2H3,(H,25,29). The van der Waals surface area contributed by atoms with E-state index in [0.717, 1.165) is 64.4 Å². The zero-order valence-corrected chi connectivity index (χ0v) is 18.3. The van der Waals surface area contributed by atoms with Crippen LogP contribution in [0.1, 0.15) is 21.7 Å². The molecule has 31 heavy (non-hydrogen) atoms. The topological polar surface area (TPSA) is 72.3 Å². The first-order valence-electron chi connectivity index (χ1n) is 10.2. The predicted molar refractivity (Wildman–Crippen MR) is 124 cm³/mol. The summed E-state index contributed by atoms with van der Waals surface area (Å²) in [5.74, 6) is -0.125. The smallest absolute Gasteiger partial charge is 0.257 e. The minimum atomic E-state index is -0.125. The normalized spacial score (nSPS) is 14.2. The fourth-order valence-electron chi connectivity index (χ4n) is 3.95. The first kappa shape index (κ1) is 19.7. The molecule has 1 aromatic carbocycles. The number of fused-ring (bicyclic) bond motifs is 1. The average Bonchev–Trinajstić information content (AvgIpc) is 3.35. The summed E-state index contributed by atoms with van der Waals surface area (Å²) in [6.45, 7) is 7.12. The van der Waals surface area contributed by atoms with Crippen molar-refractivity contribution in [2.45, 2.75) is 13.8 Å². The summed E-state index contributed by atoms with van der Waals surface area (Å²) in [7, 11) is 0. The van der Waals surface area contributed by atoms with Crippen LogP contribution in [-0.2, 0) is 4.74 Å². The molecule has 0 radical (unpaired) electrons. The zero-order valence-electron chi connectivity index (χ0n) is 17.5. The molecule has 0 atom stereocenters. The molecule has 1 saturated heterocycles. The van der Waals surface area contributed by atoms with Crippen LogP contribution < -0.4 is 10.2 Å². The Morgan fingerprint density at radius 1 is 1.16 bits per heavy atom. The van der Waals surface area contributed by atoms with E-state index in [9.17, 15) is 4.79 Å². The van der Waals surface area contributed by atoms with E-state index in [1.807, 2.05) is 54.8 Å². The average molecular weight is 434 g/mol. The number of carbonyl (C=O) groups excluding carboxylic acids is 1. The molecule has 4 heterocycles. The van der Waals surface area contributed by atoms with Crippen molar-refractivity contribution in [1.29, 1.82) is 0 Å². The molecule has 0 unspecified atom stereocenters. The molecule has 4 aromatic rings. The number of hydrogen-bond acceptors (Lipinski definition) is 6. The molecule has 0 bridgehead atoms. The van der Waals surface area contributed by atoms with Gasteiger partial charge in [-0.2, -0.15) is 0 Å². The molecule has 7 nitrogen and oxygen atoms in total. The molecular formula is C23H23N5O2S. The van der Waals surface area contributed by atoms with Crippen LogP contribution in [0.4, 0.5) is 10.8 Å². The van der Waals surface area contributed by atoms with Gasteiger partial charge in [0.15, 0.2) is 5.13 Å². The van der Waals surface area contributed by atoms with E-state index in [-0.39, 0.29) is 5.91 Å². The molecule has 158 valence electrons. The van der Waals surface area contributed by atoms with Gasteiger partial charge in [-0.15, -0.1) is 0 Å². The van der Waals surface area contributed by atoms with Gasteiger partial charge in [-0.3, -0.25) is 9.78 Å². The molecule has 8 heteroatoms. The maximum atomic E-state index is 13.0. The van der Waals surface area contributed by atoms with E-state index in [1.165, 1.54) is 0 Å². The van der Waals surface area contributed by atoms with Crippen LogP contribution in [0.25, 0.3) is 15.9 Å². The third kappa shape index (κ3) is 3.80. The lowest BCUT2D eigenvalue weighted by molar-refractivity contribution is 0.102. The van der Waals surface area contributed by atoms with Gasteiger partial charge in [0.2, 0.25) is 0 Å². The number of amides is 1. The SMILES string of the molecule is Cc1cc(C(=O)Nc2ccc3nc(N4CCOCC4)sc3c2)c(C)n1-c1cccnc1. The highest BCUT2D eigenvalue weighted by molar-refractivity contribution is 7.22. The number of carbonyl (C=O) groups is 1. The Kier molecular flexibility index (Phi) is 5.17. The fourth-order valence-corrected chi connectivity index (χ4v) is 5.01. The van der Waals surface area contributed by atoms with Crippen molar-refractivity contribution in [2.75, 3.05) is 36.5 Å². The lowest BCUT2D eigenvalue weighted by Gasteiger charge is -2.25. The summed E-state index contributed by atoms with van der Waals surface area (Å²) in [4.78, 5) is 24.2. The third-order valence-corrected chi connectivity index (χ3v) is 6.58. The molecule has 3 aromatic heterocycles. The van der Waals surface area contributed by atoms with Crippen LogP contribution in [0.2, 0.25) is 0 Å². The van der Waals surface area contributed by atoms with E-state index in [4.69, 9.17) is 9.72 Å². The summed E-state index contributed by atoms with van der Waals surface area (Å²) >= 11 is 1.64. The van der Waals surface area contributed by atoms with E-state index >= 15 is 0 Å². The molecule has 1 fully saturated rings. The minimum Gasteiger partial charge on any atom is -0.378 e. The van der Waals surface area contributed by atoms with E-state index < -0.39 is 0 Å². The van der Waals surface area contributed by atoms with Crippen LogP contribution in [0, 0.1) is 13.8 Å². The monoisotopic (exact) mass is 433 g/mol. The Labute approximate surface area is 184 Å². The molecular weight excluding hydrogens is 410 g/mol. The van der Waals surface area contributed by atoms with E-state index in [0.29, 0.717) is 5.56 Å². The lowest BCUT2D eigenvalue weighted by Crippen LogP contribution is -2.36. The number of morpholine rings is 1. The molecule has 1 N–H and O–H groups in total. The Hall–Kier alpha value is -3.23. The van der Waals surface area contributed by atoms with Crippen molar-refractivity contribution in [3.8, 4) is 5.69 Å². The van der Waals surface area contributed by atoms with Crippen molar-refractivity contribution in [1.82, 2.24) is 14.5 Å². The highest BCUT2D eigenvalue weighted by Gasteiger charge is 2.18. The van der Waals surface area contributed by atoms with Crippen molar-refractivity contribution in [3.05, 3.63) is 65.7 Å². The van der Waals surface area contributed by atoms with Gasteiger partial charge in [0.1, 0.15) is 0 Å². The molecule has 0 aliphatic carbocycles. The first-order chi connectivity index (χ1) is 15.1. The van der Waals surface area contributed by atoms with Gasteiger partial charge >= 0.3 is 0 Å².